The van der Waals surface area contributed by atoms with Gasteiger partial charge in [-0.1, -0.05) is 0 Å². The van der Waals surface area contributed by atoms with Crippen LogP contribution in [-0.2, 0) is 27.7 Å². The van der Waals surface area contributed by atoms with Crippen LogP contribution in [0.15, 0.2) is 0 Å². The summed E-state index contributed by atoms with van der Waals surface area (Å²) in [5, 5.41) is 0. The normalized spacial score (nSPS) is 13.4. The van der Waals surface area contributed by atoms with Gasteiger partial charge >= 0.3 is 15.6 Å². The summed E-state index contributed by atoms with van der Waals surface area (Å²) in [5.74, 6) is 0. The van der Waals surface area contributed by atoms with Crippen LogP contribution in [0.2, 0.25) is 0 Å². The Bertz CT molecular complexity index is 321. The highest BCUT2D eigenvalue weighted by molar-refractivity contribution is 7.46. The maximum Gasteiger partial charge on any atom is 0.469 e. The first kappa shape index (κ1) is 20.1. The van der Waals surface area contributed by atoms with Crippen molar-refractivity contribution in [1.29, 1.82) is 0 Å². The summed E-state index contributed by atoms with van der Waals surface area (Å²) in [7, 11) is -9.40. The van der Waals surface area contributed by atoms with E-state index in [-0.39, 0.29) is 19.3 Å². The second-order valence-electron chi connectivity index (χ2n) is 3.99. The van der Waals surface area contributed by atoms with E-state index in [0.29, 0.717) is 0 Å². The summed E-state index contributed by atoms with van der Waals surface area (Å²) < 4.78 is 39.8. The Morgan fingerprint density at radius 3 is 1.60 bits per heavy atom. The molecule has 0 aromatic rings. The van der Waals surface area contributed by atoms with Crippen molar-refractivity contribution < 1.29 is 47.2 Å². The van der Waals surface area contributed by atoms with Gasteiger partial charge in [0.1, 0.15) is 6.10 Å². The maximum atomic E-state index is 10.6. The minimum atomic E-state index is -4.70. The van der Waals surface area contributed by atoms with Crippen LogP contribution in [0.5, 0.6) is 0 Å². The van der Waals surface area contributed by atoms with Gasteiger partial charge in [0.25, 0.3) is 0 Å². The van der Waals surface area contributed by atoms with Crippen LogP contribution in [0.25, 0.3) is 0 Å². The predicted molar refractivity (Wildman–Crippen MR) is 66.8 cm³/mol. The third-order valence-electron chi connectivity index (χ3n) is 1.75. The molecule has 10 nitrogen and oxygen atoms in total. The Labute approximate surface area is 116 Å². The molecule has 0 spiro atoms. The second kappa shape index (κ2) is 9.22. The molecule has 0 atom stereocenters. The molecule has 20 heavy (non-hydrogen) atoms. The molecule has 0 aromatic heterocycles. The fourth-order valence-electron chi connectivity index (χ4n) is 1.00. The standard InChI is InChI=1S/C8H20O10P2/c1-7(2)15-3-4-16-8(5-17-19(9,10)11)6-18-20(12,13)14/h7-8H,3-6H2,1-2H3,(H2,9,10,11)(H2,12,13,14). The highest BCUT2D eigenvalue weighted by atomic mass is 31.2. The van der Waals surface area contributed by atoms with Crippen LogP contribution in [0.3, 0.4) is 0 Å². The summed E-state index contributed by atoms with van der Waals surface area (Å²) in [4.78, 5) is 34.2. The fourth-order valence-corrected chi connectivity index (χ4v) is 1.72. The quantitative estimate of drug-likeness (QED) is 0.299. The van der Waals surface area contributed by atoms with Crippen LogP contribution in [0.4, 0.5) is 0 Å². The molecule has 0 fully saturated rings. The van der Waals surface area contributed by atoms with Crippen molar-refractivity contribution in [2.24, 2.45) is 0 Å². The van der Waals surface area contributed by atoms with Gasteiger partial charge in [-0.05, 0) is 13.8 Å². The van der Waals surface area contributed by atoms with Gasteiger partial charge in [-0.25, -0.2) is 9.13 Å². The van der Waals surface area contributed by atoms with Crippen molar-refractivity contribution in [2.75, 3.05) is 26.4 Å². The van der Waals surface area contributed by atoms with Crippen molar-refractivity contribution in [1.82, 2.24) is 0 Å². The van der Waals surface area contributed by atoms with E-state index in [1.807, 2.05) is 13.8 Å². The van der Waals surface area contributed by atoms with Gasteiger partial charge in [0.05, 0.1) is 32.5 Å². The Balaban J connectivity index is 4.17. The summed E-state index contributed by atoms with van der Waals surface area (Å²) in [6.45, 7) is 2.73. The van der Waals surface area contributed by atoms with Crippen molar-refractivity contribution >= 4 is 15.6 Å². The number of phosphoric acid groups is 2. The fraction of sp³-hybridized carbons (Fsp3) is 1.00. The molecule has 0 saturated carbocycles. The number of phosphoric ester groups is 2. The van der Waals surface area contributed by atoms with Gasteiger partial charge in [-0.15, -0.1) is 0 Å². The molecule has 0 radical (unpaired) electrons. The lowest BCUT2D eigenvalue weighted by atomic mass is 10.4. The van der Waals surface area contributed by atoms with E-state index in [4.69, 9.17) is 29.0 Å². The van der Waals surface area contributed by atoms with E-state index in [2.05, 4.69) is 9.05 Å². The molecular weight excluding hydrogens is 318 g/mol. The third kappa shape index (κ3) is 14.5. The molecular formula is C8H20O10P2. The Morgan fingerprint density at radius 1 is 0.850 bits per heavy atom. The average molecular weight is 338 g/mol. The van der Waals surface area contributed by atoms with Gasteiger partial charge in [0, 0.05) is 0 Å². The van der Waals surface area contributed by atoms with E-state index in [9.17, 15) is 9.13 Å². The molecule has 4 N–H and O–H groups in total. The van der Waals surface area contributed by atoms with E-state index in [1.165, 1.54) is 0 Å². The largest absolute Gasteiger partial charge is 0.469 e. The van der Waals surface area contributed by atoms with E-state index < -0.39 is 35.0 Å². The summed E-state index contributed by atoms with van der Waals surface area (Å²) in [5.41, 5.74) is 0. The van der Waals surface area contributed by atoms with Crippen LogP contribution in [-0.4, -0.2) is 58.2 Å². The zero-order chi connectivity index (χ0) is 15.8. The van der Waals surface area contributed by atoms with E-state index >= 15 is 0 Å². The predicted octanol–water partition coefficient (Wildman–Crippen LogP) is 0.0152. The number of rotatable bonds is 11. The molecule has 0 heterocycles. The highest BCUT2D eigenvalue weighted by Gasteiger charge is 2.22. The number of hydrogen-bond acceptors (Lipinski definition) is 6. The average Bonchev–Trinajstić information content (AvgIpc) is 2.23. The molecule has 12 heteroatoms. The molecule has 0 aliphatic heterocycles. The topological polar surface area (TPSA) is 152 Å². The van der Waals surface area contributed by atoms with Gasteiger partial charge in [0.2, 0.25) is 0 Å². The minimum Gasteiger partial charge on any atom is -0.376 e. The molecule has 0 bridgehead atoms. The monoisotopic (exact) mass is 338 g/mol. The van der Waals surface area contributed by atoms with Crippen molar-refractivity contribution in [3.8, 4) is 0 Å². The Morgan fingerprint density at radius 2 is 1.25 bits per heavy atom. The van der Waals surface area contributed by atoms with Crippen molar-refractivity contribution in [3.63, 3.8) is 0 Å². The Kier molecular flexibility index (Phi) is 9.28. The number of hydrogen-bond donors (Lipinski definition) is 4. The molecule has 0 saturated heterocycles. The van der Waals surface area contributed by atoms with E-state index in [1.54, 1.807) is 0 Å². The van der Waals surface area contributed by atoms with Crippen LogP contribution >= 0.6 is 15.6 Å². The van der Waals surface area contributed by atoms with Crippen LogP contribution < -0.4 is 0 Å². The molecule has 0 aliphatic carbocycles. The lowest BCUT2D eigenvalue weighted by Crippen LogP contribution is -2.27. The minimum absolute atomic E-state index is 0.0187. The van der Waals surface area contributed by atoms with Crippen molar-refractivity contribution in [2.45, 2.75) is 26.1 Å². The van der Waals surface area contributed by atoms with Gasteiger partial charge in [0.15, 0.2) is 0 Å². The molecule has 122 valence electrons. The van der Waals surface area contributed by atoms with Crippen molar-refractivity contribution in [3.05, 3.63) is 0 Å². The number of ether oxygens (including phenoxy) is 2. The first-order valence-electron chi connectivity index (χ1n) is 5.63. The molecule has 0 amide bonds. The zero-order valence-electron chi connectivity index (χ0n) is 11.1. The molecule has 0 rings (SSSR count). The lowest BCUT2D eigenvalue weighted by molar-refractivity contribution is -0.0485. The van der Waals surface area contributed by atoms with Gasteiger partial charge in [-0.3, -0.25) is 9.05 Å². The molecule has 0 unspecified atom stereocenters. The maximum absolute atomic E-state index is 10.6. The van der Waals surface area contributed by atoms with Crippen LogP contribution in [0.1, 0.15) is 13.8 Å². The summed E-state index contributed by atoms with van der Waals surface area (Å²) >= 11 is 0. The first-order chi connectivity index (χ1) is 8.99. The Hall–Kier alpha value is 0.140. The molecule has 0 aromatic carbocycles. The lowest BCUT2D eigenvalue weighted by Gasteiger charge is -2.19. The van der Waals surface area contributed by atoms with Gasteiger partial charge < -0.3 is 29.0 Å². The van der Waals surface area contributed by atoms with Crippen LogP contribution in [0, 0.1) is 0 Å². The zero-order valence-corrected chi connectivity index (χ0v) is 12.9. The third-order valence-corrected chi connectivity index (χ3v) is 2.72. The SMILES string of the molecule is CC(C)OCCOC(COP(=O)(O)O)COP(=O)(O)O. The highest BCUT2D eigenvalue weighted by Crippen LogP contribution is 2.38. The second-order valence-corrected chi connectivity index (χ2v) is 6.46. The van der Waals surface area contributed by atoms with Gasteiger partial charge in [-0.2, -0.15) is 0 Å². The van der Waals surface area contributed by atoms with E-state index in [0.717, 1.165) is 0 Å². The summed E-state index contributed by atoms with van der Waals surface area (Å²) in [6, 6.07) is 0. The molecule has 0 aliphatic rings. The first-order valence-corrected chi connectivity index (χ1v) is 8.69. The summed E-state index contributed by atoms with van der Waals surface area (Å²) in [6.07, 6.45) is -1.07. The smallest absolute Gasteiger partial charge is 0.376 e.